The Morgan fingerprint density at radius 1 is 1.13 bits per heavy atom. The zero-order valence-electron chi connectivity index (χ0n) is 21.7. The molecule has 39 heavy (non-hydrogen) atoms. The van der Waals surface area contributed by atoms with Crippen molar-refractivity contribution in [2.45, 2.75) is 4.90 Å². The van der Waals surface area contributed by atoms with E-state index in [1.54, 1.807) is 18.2 Å². The van der Waals surface area contributed by atoms with Crippen molar-refractivity contribution in [2.75, 3.05) is 67.4 Å². The van der Waals surface area contributed by atoms with Crippen molar-refractivity contribution in [1.29, 1.82) is 0 Å². The second kappa shape index (κ2) is 11.0. The first kappa shape index (κ1) is 26.6. The highest BCUT2D eigenvalue weighted by Gasteiger charge is 2.38. The van der Waals surface area contributed by atoms with Gasteiger partial charge in [0.1, 0.15) is 4.90 Å². The van der Waals surface area contributed by atoms with E-state index in [4.69, 9.17) is 5.11 Å². The Balaban J connectivity index is 1.49. The highest BCUT2D eigenvalue weighted by atomic mass is 32.2. The zero-order chi connectivity index (χ0) is 27.6. The molecule has 0 spiro atoms. The molecule has 2 aliphatic rings. The molecular formula is C27H31N7O4S. The fourth-order valence-corrected chi connectivity index (χ4v) is 6.32. The first-order valence-corrected chi connectivity index (χ1v) is 14.1. The average molecular weight is 550 g/mol. The molecule has 0 unspecified atom stereocenters. The third-order valence-corrected chi connectivity index (χ3v) is 8.56. The number of nitrogens with zero attached hydrogens (tertiary/aromatic N) is 5. The van der Waals surface area contributed by atoms with E-state index in [9.17, 15) is 13.2 Å². The number of fused-ring (bicyclic) bond motifs is 3. The van der Waals surface area contributed by atoms with Crippen LogP contribution >= 0.6 is 0 Å². The van der Waals surface area contributed by atoms with Crippen LogP contribution in [0, 0.1) is 0 Å². The van der Waals surface area contributed by atoms with Crippen LogP contribution in [-0.2, 0) is 10.0 Å². The van der Waals surface area contributed by atoms with Crippen molar-refractivity contribution < 1.29 is 18.3 Å². The zero-order valence-corrected chi connectivity index (χ0v) is 22.5. The highest BCUT2D eigenvalue weighted by molar-refractivity contribution is 7.93. The number of aromatic nitrogens is 2. The van der Waals surface area contributed by atoms with Crippen LogP contribution in [0.1, 0.15) is 10.4 Å². The summed E-state index contributed by atoms with van der Waals surface area (Å²) < 4.78 is 28.4. The minimum Gasteiger partial charge on any atom is -0.395 e. The Kier molecular flexibility index (Phi) is 7.51. The van der Waals surface area contributed by atoms with E-state index in [2.05, 4.69) is 44.0 Å². The minimum atomic E-state index is -4.08. The van der Waals surface area contributed by atoms with Crippen molar-refractivity contribution in [2.24, 2.45) is 0 Å². The van der Waals surface area contributed by atoms with Gasteiger partial charge in [0.15, 0.2) is 0 Å². The number of anilines is 4. The second-order valence-corrected chi connectivity index (χ2v) is 11.2. The fourth-order valence-electron chi connectivity index (χ4n) is 4.76. The van der Waals surface area contributed by atoms with Crippen LogP contribution in [0.3, 0.4) is 0 Å². The molecule has 0 bridgehead atoms. The molecule has 1 amide bonds. The molecule has 5 rings (SSSR count). The summed E-state index contributed by atoms with van der Waals surface area (Å²) in [5, 5.41) is 14.9. The number of carbonyl (C=O) groups is 1. The van der Waals surface area contributed by atoms with Gasteiger partial charge in [-0.15, -0.1) is 6.58 Å². The third-order valence-electron chi connectivity index (χ3n) is 6.79. The van der Waals surface area contributed by atoms with Crippen LogP contribution in [0.5, 0.6) is 0 Å². The van der Waals surface area contributed by atoms with Crippen molar-refractivity contribution in [1.82, 2.24) is 20.2 Å². The van der Waals surface area contributed by atoms with Crippen LogP contribution in [0.15, 0.2) is 66.2 Å². The molecule has 11 nitrogen and oxygen atoms in total. The number of para-hydroxylation sites is 1. The molecule has 3 heterocycles. The molecule has 0 atom stereocenters. The smallest absolute Gasteiger partial charge is 0.268 e. The van der Waals surface area contributed by atoms with Gasteiger partial charge in [0.25, 0.3) is 15.9 Å². The fraction of sp³-hybridized carbons (Fsp3) is 0.296. The SMILES string of the molecule is C=CCN1c2c(C(=O)NCCO)cccc2-c2nc(Nc3ccc(N4CCN(C)CC4)cc3)ncc2S1(=O)=O. The number of rotatable bonds is 8. The molecule has 12 heteroatoms. The lowest BCUT2D eigenvalue weighted by Gasteiger charge is -2.34. The van der Waals surface area contributed by atoms with Crippen molar-refractivity contribution in [3.63, 3.8) is 0 Å². The van der Waals surface area contributed by atoms with Gasteiger partial charge in [-0.1, -0.05) is 18.2 Å². The van der Waals surface area contributed by atoms with E-state index in [0.29, 0.717) is 5.56 Å². The van der Waals surface area contributed by atoms with Crippen molar-refractivity contribution in [3.8, 4) is 11.3 Å². The number of carbonyl (C=O) groups excluding carboxylic acids is 1. The summed E-state index contributed by atoms with van der Waals surface area (Å²) in [6.45, 7) is 7.41. The summed E-state index contributed by atoms with van der Waals surface area (Å²) in [5.41, 5.74) is 2.94. The van der Waals surface area contributed by atoms with Crippen molar-refractivity contribution in [3.05, 3.63) is 66.9 Å². The van der Waals surface area contributed by atoms with E-state index < -0.39 is 15.9 Å². The largest absolute Gasteiger partial charge is 0.395 e. The molecular weight excluding hydrogens is 518 g/mol. The standard InChI is InChI=1S/C27H31N7O4S/c1-3-12-34-25-21(5-4-6-22(25)26(36)28-11-17-35)24-23(39(34,37)38)18-29-27(31-24)30-19-7-9-20(10-8-19)33-15-13-32(2)14-16-33/h3-10,18,35H,1,11-17H2,2H3,(H,28,36)(H,29,30,31). The molecule has 0 aliphatic carbocycles. The molecule has 1 fully saturated rings. The van der Waals surface area contributed by atoms with E-state index in [1.807, 2.05) is 24.3 Å². The van der Waals surface area contributed by atoms with E-state index in [-0.39, 0.29) is 47.5 Å². The molecule has 1 aromatic heterocycles. The number of piperazine rings is 1. The van der Waals surface area contributed by atoms with Gasteiger partial charge in [0.05, 0.1) is 36.3 Å². The summed E-state index contributed by atoms with van der Waals surface area (Å²) in [7, 11) is -1.95. The summed E-state index contributed by atoms with van der Waals surface area (Å²) in [6, 6.07) is 12.9. The number of aliphatic hydroxyl groups excluding tert-OH is 1. The summed E-state index contributed by atoms with van der Waals surface area (Å²) in [4.78, 5) is 26.4. The lowest BCUT2D eigenvalue weighted by Crippen LogP contribution is -2.44. The Bertz CT molecular complexity index is 1490. The van der Waals surface area contributed by atoms with Gasteiger partial charge >= 0.3 is 0 Å². The maximum Gasteiger partial charge on any atom is 0.268 e. The summed E-state index contributed by atoms with van der Waals surface area (Å²) in [5.74, 6) is -0.268. The molecule has 0 saturated carbocycles. The Morgan fingerprint density at radius 3 is 2.56 bits per heavy atom. The van der Waals surface area contributed by atoms with Gasteiger partial charge in [0.2, 0.25) is 5.95 Å². The topological polar surface area (TPSA) is 131 Å². The minimum absolute atomic E-state index is 0.0388. The third kappa shape index (κ3) is 5.18. The monoisotopic (exact) mass is 549 g/mol. The van der Waals surface area contributed by atoms with Crippen LogP contribution in [-0.4, -0.2) is 87.2 Å². The molecule has 3 N–H and O–H groups in total. The van der Waals surface area contributed by atoms with Gasteiger partial charge in [-0.25, -0.2) is 18.4 Å². The van der Waals surface area contributed by atoms with Crippen molar-refractivity contribution >= 4 is 38.9 Å². The number of sulfonamides is 1. The van der Waals surface area contributed by atoms with E-state index >= 15 is 0 Å². The predicted octanol–water partition coefficient (Wildman–Crippen LogP) is 2.06. The first-order valence-electron chi connectivity index (χ1n) is 12.7. The van der Waals surface area contributed by atoms with Crippen LogP contribution in [0.4, 0.5) is 23.0 Å². The number of hydrogen-bond donors (Lipinski definition) is 3. The van der Waals surface area contributed by atoms with Crippen LogP contribution in [0.2, 0.25) is 0 Å². The number of hydrogen-bond acceptors (Lipinski definition) is 9. The van der Waals surface area contributed by atoms with Gasteiger partial charge in [-0.3, -0.25) is 9.10 Å². The predicted molar refractivity (Wildman–Crippen MR) is 151 cm³/mol. The molecule has 1 saturated heterocycles. The molecule has 2 aromatic carbocycles. The number of nitrogens with one attached hydrogen (secondary N) is 2. The number of likely N-dealkylation sites (N-methyl/N-ethyl adjacent to an activating group) is 1. The van der Waals surface area contributed by atoms with Gasteiger partial charge in [-0.05, 0) is 37.4 Å². The Morgan fingerprint density at radius 2 is 1.87 bits per heavy atom. The van der Waals surface area contributed by atoms with E-state index in [0.717, 1.165) is 41.9 Å². The average Bonchev–Trinajstić information content (AvgIpc) is 2.94. The number of amides is 1. The maximum atomic E-state index is 13.6. The van der Waals surface area contributed by atoms with Crippen LogP contribution < -0.4 is 19.8 Å². The molecule has 3 aromatic rings. The second-order valence-electron chi connectivity index (χ2n) is 9.37. The first-order chi connectivity index (χ1) is 18.8. The normalized spacial score (nSPS) is 16.3. The Hall–Kier alpha value is -4.00. The van der Waals surface area contributed by atoms with E-state index in [1.165, 1.54) is 12.3 Å². The lowest BCUT2D eigenvalue weighted by molar-refractivity contribution is 0.0945. The number of benzene rings is 2. The van der Waals surface area contributed by atoms with Gasteiger partial charge in [-0.2, -0.15) is 0 Å². The summed E-state index contributed by atoms with van der Waals surface area (Å²) >= 11 is 0. The maximum absolute atomic E-state index is 13.6. The highest BCUT2D eigenvalue weighted by Crippen LogP contribution is 2.44. The van der Waals surface area contributed by atoms with Gasteiger partial charge < -0.3 is 25.5 Å². The number of aliphatic hydroxyl groups is 1. The van der Waals surface area contributed by atoms with Crippen LogP contribution in [0.25, 0.3) is 11.3 Å². The Labute approximate surface area is 227 Å². The molecule has 0 radical (unpaired) electrons. The molecule has 204 valence electrons. The lowest BCUT2D eigenvalue weighted by atomic mass is 10.0. The summed E-state index contributed by atoms with van der Waals surface area (Å²) in [6.07, 6.45) is 2.74. The quantitative estimate of drug-likeness (QED) is 0.361. The molecule has 2 aliphatic heterocycles. The van der Waals surface area contributed by atoms with Gasteiger partial charge in [0, 0.05) is 49.7 Å².